The van der Waals surface area contributed by atoms with Crippen LogP contribution in [-0.2, 0) is 0 Å². The van der Waals surface area contributed by atoms with Crippen LogP contribution in [0.4, 0.5) is 18.9 Å². The summed E-state index contributed by atoms with van der Waals surface area (Å²) in [7, 11) is 1.54. The summed E-state index contributed by atoms with van der Waals surface area (Å²) in [6.45, 7) is 0. The Labute approximate surface area is 183 Å². The lowest BCUT2D eigenvalue weighted by Crippen LogP contribution is -2.45. The topological polar surface area (TPSA) is 107 Å². The van der Waals surface area contributed by atoms with Gasteiger partial charge < -0.3 is 10.1 Å². The molecule has 0 saturated heterocycles. The molecule has 14 heteroatoms. The van der Waals surface area contributed by atoms with Crippen LogP contribution in [0, 0.1) is 0 Å². The Morgan fingerprint density at radius 2 is 1.74 bits per heavy atom. The van der Waals surface area contributed by atoms with Crippen LogP contribution in [0.15, 0.2) is 41.5 Å². The van der Waals surface area contributed by atoms with E-state index in [1.807, 2.05) is 0 Å². The third-order valence-electron chi connectivity index (χ3n) is 3.84. The predicted octanol–water partition coefficient (Wildman–Crippen LogP) is 3.10. The Balaban J connectivity index is 1.95. The Morgan fingerprint density at radius 3 is 2.32 bits per heavy atom. The number of alkyl halides is 3. The number of hydrogen-bond donors (Lipinski definition) is 4. The Bertz CT molecular complexity index is 1050. The highest BCUT2D eigenvalue weighted by Crippen LogP contribution is 2.38. The number of rotatable bonds is 4. The van der Waals surface area contributed by atoms with Gasteiger partial charge in [-0.05, 0) is 36.4 Å². The number of ether oxygens (including phenoxy) is 1. The van der Waals surface area contributed by atoms with Gasteiger partial charge in [-0.1, -0.05) is 23.2 Å². The average molecular weight is 477 g/mol. The summed E-state index contributed by atoms with van der Waals surface area (Å²) in [4.78, 5) is 25.1. The van der Waals surface area contributed by atoms with E-state index in [2.05, 4.69) is 31.5 Å². The fourth-order valence-corrected chi connectivity index (χ4v) is 2.82. The van der Waals surface area contributed by atoms with Crippen LogP contribution in [0.1, 0.15) is 20.7 Å². The van der Waals surface area contributed by atoms with Gasteiger partial charge in [0, 0.05) is 17.6 Å². The Kier molecular flexibility index (Phi) is 6.43. The van der Waals surface area contributed by atoms with Gasteiger partial charge in [0.2, 0.25) is 5.96 Å². The van der Waals surface area contributed by atoms with Gasteiger partial charge in [0.25, 0.3) is 11.8 Å². The minimum Gasteiger partial charge on any atom is -0.404 e. The zero-order chi connectivity index (χ0) is 22.8. The summed E-state index contributed by atoms with van der Waals surface area (Å²) >= 11 is 12.0. The first-order valence-electron chi connectivity index (χ1n) is 8.34. The van der Waals surface area contributed by atoms with Gasteiger partial charge in [-0.25, -0.2) is 5.53 Å². The molecule has 2 aromatic rings. The van der Waals surface area contributed by atoms with Crippen molar-refractivity contribution < 1.29 is 27.5 Å². The molecule has 0 fully saturated rings. The first-order valence-corrected chi connectivity index (χ1v) is 9.09. The molecule has 0 saturated carbocycles. The molecule has 2 aromatic carbocycles. The number of carbonyl (C=O) groups excluding carboxylic acids is 2. The highest BCUT2D eigenvalue weighted by atomic mass is 35.5. The molecule has 4 N–H and O–H groups in total. The molecule has 1 heterocycles. The molecule has 164 valence electrons. The van der Waals surface area contributed by atoms with E-state index < -0.39 is 34.6 Å². The predicted molar refractivity (Wildman–Crippen MR) is 106 cm³/mol. The standard InChI is InChI=1S/C17H13Cl2F3N6O3/c1-28-16(25-26-27-28)24-15(30)10-6-7-11(31-17(20,21)22)13(12(10)19)23-14(29)8-2-4-9(18)5-3-8/h2-7,26-27H,1H3,(H,23,29)(H,24,25,30). The van der Waals surface area contributed by atoms with Crippen LogP contribution < -0.4 is 26.4 Å². The number of anilines is 1. The molecule has 0 atom stereocenters. The van der Waals surface area contributed by atoms with Crippen LogP contribution in [-0.4, -0.2) is 36.2 Å². The lowest BCUT2D eigenvalue weighted by molar-refractivity contribution is -0.274. The van der Waals surface area contributed by atoms with Gasteiger partial charge in [0.1, 0.15) is 5.69 Å². The average Bonchev–Trinajstić information content (AvgIpc) is 3.08. The maximum Gasteiger partial charge on any atom is 0.573 e. The zero-order valence-electron chi connectivity index (χ0n) is 15.5. The largest absolute Gasteiger partial charge is 0.573 e. The number of carbonyl (C=O) groups is 2. The molecule has 2 amide bonds. The number of nitrogens with one attached hydrogen (secondary N) is 4. The van der Waals surface area contributed by atoms with Crippen LogP contribution in [0.3, 0.4) is 0 Å². The smallest absolute Gasteiger partial charge is 0.404 e. The second-order valence-electron chi connectivity index (χ2n) is 5.98. The van der Waals surface area contributed by atoms with E-state index in [9.17, 15) is 22.8 Å². The van der Waals surface area contributed by atoms with Crippen LogP contribution in [0.25, 0.3) is 0 Å². The van der Waals surface area contributed by atoms with Crippen molar-refractivity contribution in [1.29, 1.82) is 0 Å². The molecule has 31 heavy (non-hydrogen) atoms. The number of nitrogens with zero attached hydrogens (tertiary/aromatic N) is 2. The first kappa shape index (κ1) is 22.5. The summed E-state index contributed by atoms with van der Waals surface area (Å²) in [6, 6.07) is 7.46. The monoisotopic (exact) mass is 476 g/mol. The van der Waals surface area contributed by atoms with Crippen molar-refractivity contribution >= 4 is 46.7 Å². The maximum absolute atomic E-state index is 12.8. The number of halogens is 5. The molecule has 0 bridgehead atoms. The molecule has 1 aliphatic rings. The van der Waals surface area contributed by atoms with E-state index in [1.165, 1.54) is 29.3 Å². The summed E-state index contributed by atoms with van der Waals surface area (Å²) in [5.74, 6) is -2.31. The number of hydrazone groups is 1. The first-order chi connectivity index (χ1) is 14.5. The molecule has 3 rings (SSSR count). The van der Waals surface area contributed by atoms with Crippen LogP contribution in [0.5, 0.6) is 5.75 Å². The molecule has 0 aromatic heterocycles. The SMILES string of the molecule is CN1NNN=C1NC(=O)c1ccc(OC(F)(F)F)c(NC(=O)c2ccc(Cl)cc2)c1Cl. The van der Waals surface area contributed by atoms with Crippen molar-refractivity contribution in [2.45, 2.75) is 6.36 Å². The van der Waals surface area contributed by atoms with Crippen molar-refractivity contribution in [3.05, 3.63) is 57.6 Å². The molecule has 0 radical (unpaired) electrons. The highest BCUT2D eigenvalue weighted by Gasteiger charge is 2.34. The van der Waals surface area contributed by atoms with Gasteiger partial charge in [-0.2, -0.15) is 0 Å². The van der Waals surface area contributed by atoms with Crippen molar-refractivity contribution in [3.8, 4) is 5.75 Å². The van der Waals surface area contributed by atoms with E-state index in [0.717, 1.165) is 12.1 Å². The van der Waals surface area contributed by atoms with Crippen LogP contribution in [0.2, 0.25) is 10.0 Å². The molecule has 1 aliphatic heterocycles. The van der Waals surface area contributed by atoms with Crippen molar-refractivity contribution in [3.63, 3.8) is 0 Å². The molecule has 0 spiro atoms. The highest BCUT2D eigenvalue weighted by molar-refractivity contribution is 6.38. The van der Waals surface area contributed by atoms with E-state index >= 15 is 0 Å². The third-order valence-corrected chi connectivity index (χ3v) is 4.49. The minimum absolute atomic E-state index is 0.0726. The van der Waals surface area contributed by atoms with Crippen molar-refractivity contribution in [1.82, 2.24) is 21.4 Å². The number of amides is 2. The van der Waals surface area contributed by atoms with Gasteiger partial charge in [-0.15, -0.1) is 23.8 Å². The Hall–Kier alpha value is -3.22. The minimum atomic E-state index is -5.06. The number of benzene rings is 2. The second-order valence-corrected chi connectivity index (χ2v) is 6.80. The molecule has 9 nitrogen and oxygen atoms in total. The van der Waals surface area contributed by atoms with Crippen molar-refractivity contribution in [2.24, 2.45) is 5.10 Å². The Morgan fingerprint density at radius 1 is 1.06 bits per heavy atom. The lowest BCUT2D eigenvalue weighted by Gasteiger charge is -2.18. The summed E-state index contributed by atoms with van der Waals surface area (Å²) in [5.41, 5.74) is 4.27. The molecular weight excluding hydrogens is 464 g/mol. The molecular formula is C17H13Cl2F3N6O3. The summed E-state index contributed by atoms with van der Waals surface area (Å²) in [5, 5.41) is 9.63. The van der Waals surface area contributed by atoms with E-state index in [-0.39, 0.29) is 17.1 Å². The van der Waals surface area contributed by atoms with Gasteiger partial charge in [0.15, 0.2) is 5.75 Å². The fraction of sp³-hybridized carbons (Fsp3) is 0.118. The third kappa shape index (κ3) is 5.48. The zero-order valence-corrected chi connectivity index (χ0v) is 17.0. The summed E-state index contributed by atoms with van der Waals surface area (Å²) in [6.07, 6.45) is -5.06. The maximum atomic E-state index is 12.8. The number of guanidine groups is 1. The number of hydrogen-bond acceptors (Lipinski definition) is 7. The van der Waals surface area contributed by atoms with Gasteiger partial charge >= 0.3 is 6.36 Å². The molecule has 0 unspecified atom stereocenters. The number of hydrazine groups is 2. The molecule has 0 aliphatic carbocycles. The van der Waals surface area contributed by atoms with Gasteiger partial charge in [0.05, 0.1) is 10.6 Å². The van der Waals surface area contributed by atoms with Gasteiger partial charge in [-0.3, -0.25) is 19.9 Å². The lowest BCUT2D eigenvalue weighted by atomic mass is 10.1. The van der Waals surface area contributed by atoms with E-state index in [1.54, 1.807) is 7.05 Å². The second kappa shape index (κ2) is 8.88. The van der Waals surface area contributed by atoms with E-state index in [4.69, 9.17) is 23.2 Å². The van der Waals surface area contributed by atoms with Crippen LogP contribution >= 0.6 is 23.2 Å². The normalized spacial score (nSPS) is 13.4. The fourth-order valence-electron chi connectivity index (χ4n) is 2.41. The quantitative estimate of drug-likeness (QED) is 0.540. The van der Waals surface area contributed by atoms with Crippen molar-refractivity contribution in [2.75, 3.05) is 12.4 Å². The van der Waals surface area contributed by atoms with E-state index in [0.29, 0.717) is 5.02 Å². The summed E-state index contributed by atoms with van der Waals surface area (Å²) < 4.78 is 42.4.